The Hall–Kier alpha value is -3.38. The average molecular weight is 428 g/mol. The van der Waals surface area contributed by atoms with Crippen molar-refractivity contribution in [3.05, 3.63) is 71.2 Å². The maximum absolute atomic E-state index is 12.8. The first-order valence-corrected chi connectivity index (χ1v) is 9.53. The Morgan fingerprint density at radius 2 is 1.57 bits per heavy atom. The molecule has 3 aromatic carbocycles. The molecule has 0 spiro atoms. The Labute approximate surface area is 180 Å². The van der Waals surface area contributed by atoms with Crippen molar-refractivity contribution < 1.29 is 23.7 Å². The molecule has 0 unspecified atom stereocenters. The Morgan fingerprint density at radius 1 is 0.867 bits per heavy atom. The first-order valence-electron chi connectivity index (χ1n) is 9.15. The predicted octanol–water partition coefficient (Wildman–Crippen LogP) is 5.34. The monoisotopic (exact) mass is 427 g/mol. The molecule has 0 atom stereocenters. The molecule has 0 aliphatic rings. The van der Waals surface area contributed by atoms with Gasteiger partial charge in [0.1, 0.15) is 5.75 Å². The number of rotatable bonds is 8. The molecule has 0 aliphatic carbocycles. The summed E-state index contributed by atoms with van der Waals surface area (Å²) in [5.74, 6) is 2.27. The van der Waals surface area contributed by atoms with Crippen molar-refractivity contribution in [2.45, 2.75) is 6.42 Å². The van der Waals surface area contributed by atoms with Crippen molar-refractivity contribution in [3.8, 4) is 28.7 Å². The van der Waals surface area contributed by atoms with Crippen LogP contribution in [0.5, 0.6) is 28.7 Å². The number of methoxy groups -OCH3 is 3. The molecule has 0 aromatic heterocycles. The van der Waals surface area contributed by atoms with Gasteiger partial charge in [0.05, 0.1) is 33.4 Å². The normalized spacial score (nSPS) is 10.3. The third-order valence-electron chi connectivity index (χ3n) is 4.32. The van der Waals surface area contributed by atoms with Gasteiger partial charge < -0.3 is 24.3 Å². The minimum absolute atomic E-state index is 0.0564. The predicted molar refractivity (Wildman–Crippen MR) is 116 cm³/mol. The van der Waals surface area contributed by atoms with Gasteiger partial charge in [0.25, 0.3) is 0 Å². The van der Waals surface area contributed by atoms with Gasteiger partial charge in [-0.1, -0.05) is 35.9 Å². The highest BCUT2D eigenvalue weighted by atomic mass is 35.5. The fraction of sp³-hybridized carbons (Fsp3) is 0.174. The highest BCUT2D eigenvalue weighted by molar-refractivity contribution is 6.31. The lowest BCUT2D eigenvalue weighted by atomic mass is 10.1. The zero-order chi connectivity index (χ0) is 21.5. The molecule has 1 N–H and O–H groups in total. The SMILES string of the molecule is COc1ccc(CC(=O)Nc2cc(Cl)ccc2Oc2ccccc2)c(OC)c1OC. The number of benzene rings is 3. The van der Waals surface area contributed by atoms with Crippen LogP contribution in [0.15, 0.2) is 60.7 Å². The lowest BCUT2D eigenvalue weighted by Gasteiger charge is -2.16. The fourth-order valence-electron chi connectivity index (χ4n) is 2.97. The molecule has 0 fully saturated rings. The molecule has 0 bridgehead atoms. The minimum Gasteiger partial charge on any atom is -0.493 e. The number of carbonyl (C=O) groups excluding carboxylic acids is 1. The zero-order valence-electron chi connectivity index (χ0n) is 16.9. The number of anilines is 1. The summed E-state index contributed by atoms with van der Waals surface area (Å²) in [5, 5.41) is 3.34. The summed E-state index contributed by atoms with van der Waals surface area (Å²) in [7, 11) is 4.57. The summed E-state index contributed by atoms with van der Waals surface area (Å²) < 4.78 is 22.0. The fourth-order valence-corrected chi connectivity index (χ4v) is 3.15. The van der Waals surface area contributed by atoms with E-state index in [9.17, 15) is 4.79 Å². The van der Waals surface area contributed by atoms with E-state index in [1.54, 1.807) is 30.3 Å². The molecule has 156 valence electrons. The van der Waals surface area contributed by atoms with E-state index in [-0.39, 0.29) is 12.3 Å². The first-order chi connectivity index (χ1) is 14.5. The van der Waals surface area contributed by atoms with Crippen molar-refractivity contribution >= 4 is 23.2 Å². The summed E-state index contributed by atoms with van der Waals surface area (Å²) in [4.78, 5) is 12.8. The summed E-state index contributed by atoms with van der Waals surface area (Å²) >= 11 is 6.13. The van der Waals surface area contributed by atoms with Crippen LogP contribution >= 0.6 is 11.6 Å². The summed E-state index contributed by atoms with van der Waals surface area (Å²) in [5.41, 5.74) is 1.12. The van der Waals surface area contributed by atoms with Crippen molar-refractivity contribution in [2.24, 2.45) is 0 Å². The number of hydrogen-bond acceptors (Lipinski definition) is 5. The number of amides is 1. The largest absolute Gasteiger partial charge is 0.493 e. The van der Waals surface area contributed by atoms with Crippen molar-refractivity contribution in [1.29, 1.82) is 0 Å². The van der Waals surface area contributed by atoms with Crippen LogP contribution in [0.2, 0.25) is 5.02 Å². The Balaban J connectivity index is 1.82. The first kappa shape index (κ1) is 21.3. The van der Waals surface area contributed by atoms with E-state index >= 15 is 0 Å². The van der Waals surface area contributed by atoms with Crippen molar-refractivity contribution in [1.82, 2.24) is 0 Å². The standard InChI is InChI=1S/C23H22ClNO5/c1-27-20-11-9-15(22(28-2)23(20)29-3)13-21(26)25-18-14-16(24)10-12-19(18)30-17-7-5-4-6-8-17/h4-12,14H,13H2,1-3H3,(H,25,26). The second-order valence-electron chi connectivity index (χ2n) is 6.27. The Kier molecular flexibility index (Phi) is 7.03. The van der Waals surface area contributed by atoms with Gasteiger partial charge in [-0.2, -0.15) is 0 Å². The Bertz CT molecular complexity index is 1020. The average Bonchev–Trinajstić information content (AvgIpc) is 2.75. The van der Waals surface area contributed by atoms with Gasteiger partial charge in [0, 0.05) is 10.6 Å². The third-order valence-corrected chi connectivity index (χ3v) is 4.56. The second kappa shape index (κ2) is 9.89. The van der Waals surface area contributed by atoms with Crippen LogP contribution in [0, 0.1) is 0 Å². The highest BCUT2D eigenvalue weighted by Crippen LogP contribution is 2.40. The quantitative estimate of drug-likeness (QED) is 0.525. The van der Waals surface area contributed by atoms with Crippen molar-refractivity contribution in [2.75, 3.05) is 26.6 Å². The zero-order valence-corrected chi connectivity index (χ0v) is 17.7. The molecular formula is C23H22ClNO5. The number of carbonyl (C=O) groups is 1. The van der Waals surface area contributed by atoms with E-state index in [1.807, 2.05) is 30.3 Å². The van der Waals surface area contributed by atoms with Gasteiger partial charge in [-0.15, -0.1) is 0 Å². The Morgan fingerprint density at radius 3 is 2.23 bits per heavy atom. The van der Waals surface area contributed by atoms with Gasteiger partial charge in [-0.25, -0.2) is 0 Å². The van der Waals surface area contributed by atoms with E-state index in [0.29, 0.717) is 45.0 Å². The molecule has 0 saturated heterocycles. The van der Waals surface area contributed by atoms with Crippen LogP contribution in [-0.4, -0.2) is 27.2 Å². The lowest BCUT2D eigenvalue weighted by Crippen LogP contribution is -2.15. The number of hydrogen-bond donors (Lipinski definition) is 1. The molecule has 1 amide bonds. The third kappa shape index (κ3) is 4.96. The number of halogens is 1. The van der Waals surface area contributed by atoms with E-state index in [0.717, 1.165) is 0 Å². The molecule has 3 aromatic rings. The number of para-hydroxylation sites is 1. The summed E-state index contributed by atoms with van der Waals surface area (Å²) in [6.45, 7) is 0. The van der Waals surface area contributed by atoms with Gasteiger partial charge in [0.2, 0.25) is 11.7 Å². The topological polar surface area (TPSA) is 66.0 Å². The highest BCUT2D eigenvalue weighted by Gasteiger charge is 2.19. The maximum Gasteiger partial charge on any atom is 0.229 e. The molecule has 0 radical (unpaired) electrons. The molecule has 7 heteroatoms. The summed E-state index contributed by atoms with van der Waals surface area (Å²) in [6.07, 6.45) is 0.0564. The maximum atomic E-state index is 12.8. The van der Waals surface area contributed by atoms with E-state index in [1.165, 1.54) is 21.3 Å². The van der Waals surface area contributed by atoms with Crippen molar-refractivity contribution in [3.63, 3.8) is 0 Å². The minimum atomic E-state index is -0.263. The van der Waals surface area contributed by atoms with Crippen LogP contribution in [0.4, 0.5) is 5.69 Å². The van der Waals surface area contributed by atoms with Gasteiger partial charge in [-0.05, 0) is 36.4 Å². The number of ether oxygens (including phenoxy) is 4. The van der Waals surface area contributed by atoms with E-state index < -0.39 is 0 Å². The van der Waals surface area contributed by atoms with E-state index in [2.05, 4.69) is 5.32 Å². The molecule has 6 nitrogen and oxygen atoms in total. The van der Waals surface area contributed by atoms with E-state index in [4.69, 9.17) is 30.5 Å². The molecule has 3 rings (SSSR count). The van der Waals surface area contributed by atoms with Crippen LogP contribution in [0.1, 0.15) is 5.56 Å². The smallest absolute Gasteiger partial charge is 0.229 e. The van der Waals surface area contributed by atoms with Gasteiger partial charge in [-0.3, -0.25) is 4.79 Å². The molecule has 0 aliphatic heterocycles. The van der Waals surface area contributed by atoms with Crippen LogP contribution in [-0.2, 0) is 11.2 Å². The lowest BCUT2D eigenvalue weighted by molar-refractivity contribution is -0.115. The van der Waals surface area contributed by atoms with Crippen LogP contribution in [0.25, 0.3) is 0 Å². The van der Waals surface area contributed by atoms with Crippen LogP contribution < -0.4 is 24.3 Å². The van der Waals surface area contributed by atoms with Gasteiger partial charge >= 0.3 is 0 Å². The molecule has 30 heavy (non-hydrogen) atoms. The second-order valence-corrected chi connectivity index (χ2v) is 6.71. The summed E-state index contributed by atoms with van der Waals surface area (Å²) in [6, 6.07) is 17.8. The van der Waals surface area contributed by atoms with Gasteiger partial charge in [0.15, 0.2) is 17.2 Å². The number of nitrogens with one attached hydrogen (secondary N) is 1. The molecule has 0 heterocycles. The molecule has 0 saturated carbocycles. The molecular weight excluding hydrogens is 406 g/mol. The van der Waals surface area contributed by atoms with Crippen LogP contribution in [0.3, 0.4) is 0 Å².